The van der Waals surface area contributed by atoms with Gasteiger partial charge in [0.2, 0.25) is 0 Å². The van der Waals surface area contributed by atoms with Gasteiger partial charge in [0.25, 0.3) is 0 Å². The summed E-state index contributed by atoms with van der Waals surface area (Å²) in [7, 11) is 0. The zero-order valence-electron chi connectivity index (χ0n) is 12.4. The van der Waals surface area contributed by atoms with Gasteiger partial charge in [0.05, 0.1) is 13.1 Å². The third-order valence-corrected chi connectivity index (χ3v) is 3.89. The summed E-state index contributed by atoms with van der Waals surface area (Å²) in [5, 5.41) is 0.642. The average molecular weight is 313 g/mol. The molecule has 4 nitrogen and oxygen atoms in total. The Hall–Kier alpha value is -1.26. The van der Waals surface area contributed by atoms with E-state index in [-0.39, 0.29) is 18.7 Å². The largest absolute Gasteiger partial charge is 0.482 e. The van der Waals surface area contributed by atoms with Gasteiger partial charge in [-0.15, -0.1) is 0 Å². The molecule has 0 amide bonds. The lowest BCUT2D eigenvalue weighted by atomic mass is 10.1. The minimum atomic E-state index is -0.325. The van der Waals surface area contributed by atoms with Crippen molar-refractivity contribution in [2.24, 2.45) is 0 Å². The van der Waals surface area contributed by atoms with E-state index in [0.717, 1.165) is 6.54 Å². The number of benzene rings is 1. The summed E-state index contributed by atoms with van der Waals surface area (Å²) in [6, 6.07) is 6.92. The highest BCUT2D eigenvalue weighted by Gasteiger charge is 2.19. The number of halogens is 1. The van der Waals surface area contributed by atoms with Gasteiger partial charge in [-0.25, -0.2) is 4.79 Å². The molecule has 1 aromatic carbocycles. The van der Waals surface area contributed by atoms with Crippen LogP contribution in [0.1, 0.15) is 26.2 Å². The van der Waals surface area contributed by atoms with Crippen molar-refractivity contribution in [3.05, 3.63) is 29.3 Å². The maximum Gasteiger partial charge on any atom is 0.344 e. The summed E-state index contributed by atoms with van der Waals surface area (Å²) in [6.45, 7) is 5.13. The molecule has 1 fully saturated rings. The van der Waals surface area contributed by atoms with Crippen molar-refractivity contribution in [1.82, 2.24) is 0 Å². The maximum absolute atomic E-state index is 11.8. The number of quaternary nitrogens is 1. The number of carbonyl (C=O) groups excluding carboxylic acids is 1. The third-order valence-electron chi connectivity index (χ3n) is 3.64. The Bertz CT molecular complexity index is 443. The summed E-state index contributed by atoms with van der Waals surface area (Å²) in [4.78, 5) is 13.3. The normalized spacial score (nSPS) is 17.2. The first kappa shape index (κ1) is 16.1. The zero-order chi connectivity index (χ0) is 15.1. The summed E-state index contributed by atoms with van der Waals surface area (Å²) in [6.07, 6.45) is 3.80. The van der Waals surface area contributed by atoms with Crippen molar-refractivity contribution < 1.29 is 19.2 Å². The van der Waals surface area contributed by atoms with Crippen molar-refractivity contribution in [1.29, 1.82) is 0 Å². The molecule has 1 aliphatic rings. The van der Waals surface area contributed by atoms with E-state index in [9.17, 15) is 4.79 Å². The molecule has 1 N–H and O–H groups in total. The van der Waals surface area contributed by atoms with Crippen LogP contribution in [-0.4, -0.2) is 38.3 Å². The Morgan fingerprint density at radius 3 is 2.57 bits per heavy atom. The number of carbonyl (C=O) groups is 1. The first-order chi connectivity index (χ1) is 10.1. The number of ether oxygens (including phenoxy) is 2. The maximum atomic E-state index is 11.8. The smallest absolute Gasteiger partial charge is 0.344 e. The van der Waals surface area contributed by atoms with Crippen LogP contribution < -0.4 is 9.64 Å². The van der Waals surface area contributed by atoms with Gasteiger partial charge in [0, 0.05) is 5.02 Å². The first-order valence-corrected chi connectivity index (χ1v) is 7.92. The van der Waals surface area contributed by atoms with Gasteiger partial charge in [-0.2, -0.15) is 0 Å². The Morgan fingerprint density at radius 1 is 1.24 bits per heavy atom. The number of hydrogen-bond acceptors (Lipinski definition) is 3. The third kappa shape index (κ3) is 5.94. The fraction of sp³-hybridized carbons (Fsp3) is 0.562. The summed E-state index contributed by atoms with van der Waals surface area (Å²) in [5.41, 5.74) is 0. The topological polar surface area (TPSA) is 40.0 Å². The van der Waals surface area contributed by atoms with Crippen molar-refractivity contribution >= 4 is 17.6 Å². The summed E-state index contributed by atoms with van der Waals surface area (Å²) in [5.74, 6) is 0.291. The van der Waals surface area contributed by atoms with Crippen molar-refractivity contribution in [2.75, 3.05) is 26.2 Å². The molecule has 1 aromatic rings. The summed E-state index contributed by atoms with van der Waals surface area (Å²) < 4.78 is 10.8. The highest BCUT2D eigenvalue weighted by molar-refractivity contribution is 6.30. The van der Waals surface area contributed by atoms with Crippen LogP contribution in [0.5, 0.6) is 5.75 Å². The molecule has 0 unspecified atom stereocenters. The Labute approximate surface area is 131 Å². The number of piperidine rings is 1. The number of esters is 1. The summed E-state index contributed by atoms with van der Waals surface area (Å²) >= 11 is 5.79. The second-order valence-corrected chi connectivity index (χ2v) is 5.99. The van der Waals surface area contributed by atoms with Crippen molar-refractivity contribution in [3.63, 3.8) is 0 Å². The Morgan fingerprint density at radius 2 is 1.90 bits per heavy atom. The van der Waals surface area contributed by atoms with E-state index in [4.69, 9.17) is 21.1 Å². The van der Waals surface area contributed by atoms with Crippen molar-refractivity contribution in [3.8, 4) is 5.75 Å². The molecule has 1 atom stereocenters. The van der Waals surface area contributed by atoms with Gasteiger partial charge in [-0.3, -0.25) is 0 Å². The number of rotatable bonds is 6. The molecule has 21 heavy (non-hydrogen) atoms. The molecule has 5 heteroatoms. The lowest BCUT2D eigenvalue weighted by Crippen LogP contribution is -3.13. The van der Waals surface area contributed by atoms with E-state index < -0.39 is 0 Å². The molecule has 2 rings (SSSR count). The minimum absolute atomic E-state index is 0.0681. The predicted molar refractivity (Wildman–Crippen MR) is 81.9 cm³/mol. The van der Waals surface area contributed by atoms with Gasteiger partial charge >= 0.3 is 5.97 Å². The molecule has 1 aliphatic heterocycles. The van der Waals surface area contributed by atoms with Crippen LogP contribution in [0.15, 0.2) is 24.3 Å². The molecule has 1 heterocycles. The van der Waals surface area contributed by atoms with Crippen LogP contribution in [0.2, 0.25) is 5.02 Å². The fourth-order valence-electron chi connectivity index (χ4n) is 2.64. The lowest BCUT2D eigenvalue weighted by molar-refractivity contribution is -0.907. The van der Waals surface area contributed by atoms with E-state index in [2.05, 4.69) is 0 Å². The van der Waals surface area contributed by atoms with Crippen molar-refractivity contribution in [2.45, 2.75) is 32.3 Å². The van der Waals surface area contributed by atoms with E-state index in [1.165, 1.54) is 37.3 Å². The number of likely N-dealkylation sites (tertiary alicyclic amines) is 1. The molecule has 1 saturated heterocycles. The van der Waals surface area contributed by atoms with E-state index in [1.807, 2.05) is 6.92 Å². The van der Waals surface area contributed by atoms with Crippen LogP contribution in [-0.2, 0) is 9.53 Å². The van der Waals surface area contributed by atoms with Crippen LogP contribution >= 0.6 is 11.6 Å². The standard InChI is InChI=1S/C16H22ClNO3/c1-13(11-18-9-3-2-4-10-18)21-16(19)12-20-15-7-5-14(17)6-8-15/h5-8,13H,2-4,9-12H2,1H3/p+1/t13-/m1/s1. The molecule has 0 bridgehead atoms. The first-order valence-electron chi connectivity index (χ1n) is 7.55. The highest BCUT2D eigenvalue weighted by atomic mass is 35.5. The molecule has 0 aliphatic carbocycles. The van der Waals surface area contributed by atoms with Gasteiger partial charge in [0.15, 0.2) is 6.61 Å². The second kappa shape index (κ2) is 8.25. The minimum Gasteiger partial charge on any atom is -0.482 e. The van der Waals surface area contributed by atoms with E-state index in [1.54, 1.807) is 24.3 Å². The lowest BCUT2D eigenvalue weighted by Gasteiger charge is -2.26. The fourth-order valence-corrected chi connectivity index (χ4v) is 2.76. The van der Waals surface area contributed by atoms with E-state index >= 15 is 0 Å². The average Bonchev–Trinajstić information content (AvgIpc) is 2.47. The van der Waals surface area contributed by atoms with E-state index in [0.29, 0.717) is 10.8 Å². The van der Waals surface area contributed by atoms with Gasteiger partial charge in [-0.05, 0) is 50.5 Å². The number of nitrogens with one attached hydrogen (secondary N) is 1. The molecule has 0 radical (unpaired) electrons. The molecular weight excluding hydrogens is 290 g/mol. The van der Waals surface area contributed by atoms with Crippen LogP contribution in [0.25, 0.3) is 0 Å². The molecular formula is C16H23ClNO3+. The van der Waals surface area contributed by atoms with Crippen LogP contribution in [0.3, 0.4) is 0 Å². The monoisotopic (exact) mass is 312 g/mol. The van der Waals surface area contributed by atoms with Crippen LogP contribution in [0, 0.1) is 0 Å². The molecule has 0 aromatic heterocycles. The van der Waals surface area contributed by atoms with Gasteiger partial charge < -0.3 is 14.4 Å². The highest BCUT2D eigenvalue weighted by Crippen LogP contribution is 2.15. The molecule has 0 saturated carbocycles. The molecule has 0 spiro atoms. The SMILES string of the molecule is C[C@H](C[NH+]1CCCCC1)OC(=O)COc1ccc(Cl)cc1. The Kier molecular flexibility index (Phi) is 6.33. The molecule has 116 valence electrons. The zero-order valence-corrected chi connectivity index (χ0v) is 13.2. The van der Waals surface area contributed by atoms with Gasteiger partial charge in [-0.1, -0.05) is 11.6 Å². The predicted octanol–water partition coefficient (Wildman–Crippen LogP) is 1.72. The Balaban J connectivity index is 1.67. The quantitative estimate of drug-likeness (QED) is 0.813. The number of hydrogen-bond donors (Lipinski definition) is 1. The van der Waals surface area contributed by atoms with Gasteiger partial charge in [0.1, 0.15) is 18.4 Å². The second-order valence-electron chi connectivity index (χ2n) is 5.56. The van der Waals surface area contributed by atoms with Crippen LogP contribution in [0.4, 0.5) is 0 Å².